The number of hydrogen-bond acceptors (Lipinski definition) is 4. The van der Waals surface area contributed by atoms with Gasteiger partial charge in [-0.3, -0.25) is 4.79 Å². The van der Waals surface area contributed by atoms with Crippen molar-refractivity contribution in [1.29, 1.82) is 0 Å². The second kappa shape index (κ2) is 7.54. The first-order valence-corrected chi connectivity index (χ1v) is 7.13. The van der Waals surface area contributed by atoms with Gasteiger partial charge in [0.2, 0.25) is 0 Å². The van der Waals surface area contributed by atoms with Crippen molar-refractivity contribution in [2.45, 2.75) is 36.3 Å². The van der Waals surface area contributed by atoms with Crippen LogP contribution in [0.1, 0.15) is 26.2 Å². The summed E-state index contributed by atoms with van der Waals surface area (Å²) < 4.78 is 4.82. The van der Waals surface area contributed by atoms with Crippen LogP contribution < -0.4 is 5.73 Å². The zero-order chi connectivity index (χ0) is 13.5. The molecule has 0 radical (unpaired) electrons. The summed E-state index contributed by atoms with van der Waals surface area (Å²) in [5.41, 5.74) is 6.20. The number of thioether (sulfide) groups is 1. The van der Waals surface area contributed by atoms with Crippen molar-refractivity contribution in [3.63, 3.8) is 0 Å². The number of unbranched alkanes of at least 4 members (excludes halogenated alkanes) is 1. The van der Waals surface area contributed by atoms with Crippen LogP contribution in [-0.4, -0.2) is 18.3 Å². The molecule has 1 atom stereocenters. The van der Waals surface area contributed by atoms with Crippen LogP contribution in [0.2, 0.25) is 5.02 Å². The van der Waals surface area contributed by atoms with E-state index in [4.69, 9.17) is 22.1 Å². The van der Waals surface area contributed by atoms with E-state index >= 15 is 0 Å². The Hall–Kier alpha value is -0.870. The monoisotopic (exact) mass is 287 g/mol. The van der Waals surface area contributed by atoms with Gasteiger partial charge >= 0.3 is 5.97 Å². The number of anilines is 1. The van der Waals surface area contributed by atoms with Gasteiger partial charge in [0, 0.05) is 4.90 Å². The zero-order valence-corrected chi connectivity index (χ0v) is 12.2. The maximum absolute atomic E-state index is 11.7. The summed E-state index contributed by atoms with van der Waals surface area (Å²) in [5.74, 6) is -0.193. The van der Waals surface area contributed by atoms with Gasteiger partial charge in [0.1, 0.15) is 5.25 Å². The van der Waals surface area contributed by atoms with Crippen LogP contribution >= 0.6 is 23.4 Å². The fourth-order valence-corrected chi connectivity index (χ4v) is 2.87. The molecule has 0 saturated heterocycles. The van der Waals surface area contributed by atoms with Crippen molar-refractivity contribution in [2.75, 3.05) is 12.8 Å². The Morgan fingerprint density at radius 3 is 2.83 bits per heavy atom. The molecule has 0 aliphatic carbocycles. The lowest BCUT2D eigenvalue weighted by molar-refractivity contribution is -0.140. The molecule has 18 heavy (non-hydrogen) atoms. The number of methoxy groups -OCH3 is 1. The van der Waals surface area contributed by atoms with Gasteiger partial charge in [-0.15, -0.1) is 11.8 Å². The molecule has 1 aromatic carbocycles. The second-order valence-corrected chi connectivity index (χ2v) is 5.64. The third-order valence-corrected chi connectivity index (χ3v) is 4.10. The smallest absolute Gasteiger partial charge is 0.319 e. The Labute approximate surface area is 117 Å². The largest absolute Gasteiger partial charge is 0.468 e. The molecule has 0 bridgehead atoms. The molecular formula is C13H18ClNO2S. The molecular weight excluding hydrogens is 270 g/mol. The van der Waals surface area contributed by atoms with Gasteiger partial charge in [0.05, 0.1) is 17.8 Å². The van der Waals surface area contributed by atoms with Crippen LogP contribution in [0.15, 0.2) is 23.1 Å². The van der Waals surface area contributed by atoms with E-state index in [0.717, 1.165) is 24.2 Å². The van der Waals surface area contributed by atoms with Gasteiger partial charge < -0.3 is 10.5 Å². The summed E-state index contributed by atoms with van der Waals surface area (Å²) in [6.45, 7) is 2.10. The van der Waals surface area contributed by atoms with Crippen molar-refractivity contribution in [3.05, 3.63) is 23.2 Å². The summed E-state index contributed by atoms with van der Waals surface area (Å²) >= 11 is 7.43. The van der Waals surface area contributed by atoms with E-state index < -0.39 is 0 Å². The van der Waals surface area contributed by atoms with Crippen molar-refractivity contribution in [3.8, 4) is 0 Å². The highest BCUT2D eigenvalue weighted by molar-refractivity contribution is 8.00. The fourth-order valence-electron chi connectivity index (χ4n) is 1.49. The van der Waals surface area contributed by atoms with E-state index in [1.807, 2.05) is 6.07 Å². The van der Waals surface area contributed by atoms with Crippen LogP contribution in [0.4, 0.5) is 5.69 Å². The summed E-state index contributed by atoms with van der Waals surface area (Å²) in [6.07, 6.45) is 2.85. The summed E-state index contributed by atoms with van der Waals surface area (Å²) in [4.78, 5) is 12.6. The predicted molar refractivity (Wildman–Crippen MR) is 77.1 cm³/mol. The van der Waals surface area contributed by atoms with Gasteiger partial charge in [-0.2, -0.15) is 0 Å². The van der Waals surface area contributed by atoms with E-state index in [1.54, 1.807) is 12.1 Å². The third-order valence-electron chi connectivity index (χ3n) is 2.53. The highest BCUT2D eigenvalue weighted by Gasteiger charge is 2.20. The number of nitrogen functional groups attached to an aromatic ring is 1. The van der Waals surface area contributed by atoms with Crippen LogP contribution in [0, 0.1) is 0 Å². The fraction of sp³-hybridized carbons (Fsp3) is 0.462. The van der Waals surface area contributed by atoms with Crippen LogP contribution in [-0.2, 0) is 9.53 Å². The highest BCUT2D eigenvalue weighted by Crippen LogP contribution is 2.31. The maximum atomic E-state index is 11.7. The molecule has 100 valence electrons. The lowest BCUT2D eigenvalue weighted by Gasteiger charge is -2.14. The number of benzene rings is 1. The van der Waals surface area contributed by atoms with Crippen molar-refractivity contribution in [1.82, 2.24) is 0 Å². The van der Waals surface area contributed by atoms with Crippen LogP contribution in [0.5, 0.6) is 0 Å². The number of carbonyl (C=O) groups is 1. The number of nitrogens with two attached hydrogens (primary N) is 1. The lowest BCUT2D eigenvalue weighted by atomic mass is 10.2. The maximum Gasteiger partial charge on any atom is 0.319 e. The van der Waals surface area contributed by atoms with Gasteiger partial charge in [-0.25, -0.2) is 0 Å². The summed E-state index contributed by atoms with van der Waals surface area (Å²) in [5, 5.41) is 0.328. The molecule has 3 nitrogen and oxygen atoms in total. The van der Waals surface area contributed by atoms with Gasteiger partial charge in [-0.05, 0) is 24.6 Å². The van der Waals surface area contributed by atoms with Crippen molar-refractivity contribution < 1.29 is 9.53 Å². The Morgan fingerprint density at radius 2 is 2.28 bits per heavy atom. The molecule has 0 aliphatic rings. The number of carbonyl (C=O) groups excluding carboxylic acids is 1. The Kier molecular flexibility index (Phi) is 6.36. The molecule has 0 heterocycles. The van der Waals surface area contributed by atoms with E-state index in [-0.39, 0.29) is 11.2 Å². The molecule has 0 saturated carbocycles. The average Bonchev–Trinajstić information content (AvgIpc) is 2.37. The van der Waals surface area contributed by atoms with Gasteiger partial charge in [0.25, 0.3) is 0 Å². The summed E-state index contributed by atoms with van der Waals surface area (Å²) in [7, 11) is 1.41. The predicted octanol–water partition coefficient (Wildman–Crippen LogP) is 3.75. The number of esters is 1. The second-order valence-electron chi connectivity index (χ2n) is 3.96. The van der Waals surface area contributed by atoms with E-state index in [1.165, 1.54) is 18.9 Å². The van der Waals surface area contributed by atoms with Crippen molar-refractivity contribution >= 4 is 35.0 Å². The first-order valence-electron chi connectivity index (χ1n) is 5.88. The molecule has 1 aromatic rings. The van der Waals surface area contributed by atoms with Gasteiger partial charge in [-0.1, -0.05) is 31.4 Å². The molecule has 1 rings (SSSR count). The van der Waals surface area contributed by atoms with Gasteiger partial charge in [0.15, 0.2) is 0 Å². The number of halogens is 1. The Bertz CT molecular complexity index is 412. The minimum atomic E-state index is -0.193. The van der Waals surface area contributed by atoms with Crippen LogP contribution in [0.3, 0.4) is 0 Å². The average molecular weight is 288 g/mol. The summed E-state index contributed by atoms with van der Waals surface area (Å²) in [6, 6.07) is 5.40. The molecule has 0 fully saturated rings. The Balaban J connectivity index is 2.75. The molecule has 0 amide bonds. The first kappa shape index (κ1) is 15.2. The molecule has 5 heteroatoms. The molecule has 1 unspecified atom stereocenters. The number of rotatable bonds is 6. The first-order chi connectivity index (χ1) is 8.58. The standard InChI is InChI=1S/C13H18ClNO2S/c1-3-4-5-12(13(16)17-2)18-9-6-7-11(15)10(14)8-9/h6-8,12H,3-5,15H2,1-2H3. The van der Waals surface area contributed by atoms with Crippen molar-refractivity contribution in [2.24, 2.45) is 0 Å². The topological polar surface area (TPSA) is 52.3 Å². The molecule has 2 N–H and O–H groups in total. The molecule has 0 aromatic heterocycles. The molecule has 0 aliphatic heterocycles. The highest BCUT2D eigenvalue weighted by atomic mass is 35.5. The van der Waals surface area contributed by atoms with E-state index in [9.17, 15) is 4.79 Å². The zero-order valence-electron chi connectivity index (χ0n) is 10.6. The van der Waals surface area contributed by atoms with E-state index in [0.29, 0.717) is 10.7 Å². The minimum Gasteiger partial charge on any atom is -0.468 e. The molecule has 0 spiro atoms. The third kappa shape index (κ3) is 4.42. The normalized spacial score (nSPS) is 12.2. The lowest BCUT2D eigenvalue weighted by Crippen LogP contribution is -2.18. The Morgan fingerprint density at radius 1 is 1.56 bits per heavy atom. The SMILES string of the molecule is CCCCC(Sc1ccc(N)c(Cl)c1)C(=O)OC. The number of hydrogen-bond donors (Lipinski definition) is 1. The minimum absolute atomic E-state index is 0.186. The number of ether oxygens (including phenoxy) is 1. The van der Waals surface area contributed by atoms with E-state index in [2.05, 4.69) is 6.92 Å². The quantitative estimate of drug-likeness (QED) is 0.492. The van der Waals surface area contributed by atoms with Crippen LogP contribution in [0.25, 0.3) is 0 Å².